The van der Waals surface area contributed by atoms with Gasteiger partial charge in [0, 0.05) is 22.2 Å². The topological polar surface area (TPSA) is 75.7 Å². The zero-order valence-electron chi connectivity index (χ0n) is 18.5. The van der Waals surface area contributed by atoms with Crippen molar-refractivity contribution in [1.29, 1.82) is 0 Å². The van der Waals surface area contributed by atoms with Crippen LogP contribution in [0, 0.1) is 5.92 Å². The number of hydrogen-bond donors (Lipinski definition) is 1. The molecule has 0 bridgehead atoms. The Balaban J connectivity index is 1.31. The molecule has 1 amide bonds. The average molecular weight is 511 g/mol. The van der Waals surface area contributed by atoms with Gasteiger partial charge in [-0.3, -0.25) is 9.69 Å². The highest BCUT2D eigenvalue weighted by atomic mass is 35.5. The Hall–Kier alpha value is -1.80. The van der Waals surface area contributed by atoms with Crippen LogP contribution in [0.2, 0.25) is 10.0 Å². The summed E-state index contributed by atoms with van der Waals surface area (Å²) >= 11 is 12.2. The maximum atomic E-state index is 12.2. The summed E-state index contributed by atoms with van der Waals surface area (Å²) in [6, 6.07) is 10.9. The molecule has 33 heavy (non-hydrogen) atoms. The van der Waals surface area contributed by atoms with Crippen molar-refractivity contribution in [3.05, 3.63) is 63.1 Å². The number of sulfonamides is 1. The Labute approximate surface area is 205 Å². The van der Waals surface area contributed by atoms with E-state index in [1.165, 1.54) is 0 Å². The molecule has 2 aliphatic rings. The Bertz CT molecular complexity index is 1110. The third-order valence-corrected chi connectivity index (χ3v) is 7.07. The van der Waals surface area contributed by atoms with Crippen LogP contribution in [0.1, 0.15) is 53.1 Å². The quantitative estimate of drug-likeness (QED) is 0.549. The van der Waals surface area contributed by atoms with Gasteiger partial charge in [0.15, 0.2) is 0 Å². The van der Waals surface area contributed by atoms with Crippen LogP contribution < -0.4 is 9.46 Å². The van der Waals surface area contributed by atoms with E-state index in [0.717, 1.165) is 68.4 Å². The van der Waals surface area contributed by atoms with E-state index >= 15 is 0 Å². The SMILES string of the molecule is CS(=O)(=O)NC(=O)c1ccc(OCC2CCN(Cc3cc(Cl)cc(Cl)c3)CC2)c(C2CC2)c1. The number of nitrogens with one attached hydrogen (secondary N) is 1. The summed E-state index contributed by atoms with van der Waals surface area (Å²) in [5.74, 6) is 1.02. The lowest BCUT2D eigenvalue weighted by molar-refractivity contribution is 0.0981. The first kappa shape index (κ1) is 24.3. The second-order valence-corrected chi connectivity index (χ2v) is 11.7. The molecule has 2 fully saturated rings. The molecule has 9 heteroatoms. The summed E-state index contributed by atoms with van der Waals surface area (Å²) in [6.45, 7) is 3.43. The molecule has 2 aromatic rings. The second-order valence-electron chi connectivity index (χ2n) is 9.04. The van der Waals surface area contributed by atoms with Gasteiger partial charge in [-0.1, -0.05) is 23.2 Å². The number of carbonyl (C=O) groups is 1. The first-order valence-corrected chi connectivity index (χ1v) is 13.8. The van der Waals surface area contributed by atoms with E-state index < -0.39 is 15.9 Å². The Morgan fingerprint density at radius 2 is 1.73 bits per heavy atom. The summed E-state index contributed by atoms with van der Waals surface area (Å²) in [7, 11) is -3.60. The normalized spacial score (nSPS) is 17.7. The largest absolute Gasteiger partial charge is 0.493 e. The van der Waals surface area contributed by atoms with Gasteiger partial charge in [-0.15, -0.1) is 0 Å². The summed E-state index contributed by atoms with van der Waals surface area (Å²) in [5.41, 5.74) is 2.45. The summed E-state index contributed by atoms with van der Waals surface area (Å²) in [4.78, 5) is 14.6. The van der Waals surface area contributed by atoms with Gasteiger partial charge in [0.25, 0.3) is 5.91 Å². The molecular weight excluding hydrogens is 483 g/mol. The summed E-state index contributed by atoms with van der Waals surface area (Å²) in [5, 5.41) is 1.32. The van der Waals surface area contributed by atoms with Crippen molar-refractivity contribution in [2.75, 3.05) is 26.0 Å². The van der Waals surface area contributed by atoms with Gasteiger partial charge < -0.3 is 4.74 Å². The molecule has 0 radical (unpaired) electrons. The molecule has 1 saturated carbocycles. The number of rotatable bonds is 8. The molecule has 1 saturated heterocycles. The lowest BCUT2D eigenvalue weighted by Crippen LogP contribution is -2.35. The van der Waals surface area contributed by atoms with Gasteiger partial charge in [-0.25, -0.2) is 13.1 Å². The van der Waals surface area contributed by atoms with E-state index in [0.29, 0.717) is 34.1 Å². The first-order valence-electron chi connectivity index (χ1n) is 11.1. The van der Waals surface area contributed by atoms with E-state index in [1.54, 1.807) is 24.3 Å². The van der Waals surface area contributed by atoms with E-state index in [2.05, 4.69) is 4.90 Å². The van der Waals surface area contributed by atoms with Gasteiger partial charge in [-0.05, 0) is 98.1 Å². The van der Waals surface area contributed by atoms with Gasteiger partial charge >= 0.3 is 0 Å². The Morgan fingerprint density at radius 1 is 1.06 bits per heavy atom. The predicted molar refractivity (Wildman–Crippen MR) is 131 cm³/mol. The minimum absolute atomic E-state index is 0.337. The number of hydrogen-bond acceptors (Lipinski definition) is 5. The van der Waals surface area contributed by atoms with Crippen LogP contribution in [0.3, 0.4) is 0 Å². The number of amides is 1. The van der Waals surface area contributed by atoms with Gasteiger partial charge in [0.1, 0.15) is 5.75 Å². The molecule has 178 valence electrons. The molecule has 2 aromatic carbocycles. The van der Waals surface area contributed by atoms with E-state index in [4.69, 9.17) is 27.9 Å². The molecule has 1 heterocycles. The lowest BCUT2D eigenvalue weighted by Gasteiger charge is -2.32. The highest BCUT2D eigenvalue weighted by Gasteiger charge is 2.29. The van der Waals surface area contributed by atoms with Crippen LogP contribution in [0.15, 0.2) is 36.4 Å². The number of ether oxygens (including phenoxy) is 1. The van der Waals surface area contributed by atoms with Crippen molar-refractivity contribution in [2.24, 2.45) is 5.92 Å². The monoisotopic (exact) mass is 510 g/mol. The molecule has 0 aromatic heterocycles. The Kier molecular flexibility index (Phi) is 7.53. The fourth-order valence-corrected chi connectivity index (χ4v) is 5.27. The van der Waals surface area contributed by atoms with Crippen LogP contribution >= 0.6 is 23.2 Å². The molecule has 6 nitrogen and oxygen atoms in total. The molecule has 4 rings (SSSR count). The molecular formula is C24H28Cl2N2O4S. The number of piperidine rings is 1. The standard InChI is InChI=1S/C24H28Cl2N2O4S/c1-33(30,31)27-24(29)19-4-5-23(22(12-19)18-2-3-18)32-15-16-6-8-28(9-7-16)14-17-10-20(25)13-21(26)11-17/h4-5,10-13,16,18H,2-3,6-9,14-15H2,1H3,(H,27,29). The fourth-order valence-electron chi connectivity index (χ4n) is 4.24. The predicted octanol–water partition coefficient (Wildman–Crippen LogP) is 4.85. The highest BCUT2D eigenvalue weighted by molar-refractivity contribution is 7.89. The molecule has 0 unspecified atom stereocenters. The van der Waals surface area contributed by atoms with Gasteiger partial charge in [0.2, 0.25) is 10.0 Å². The van der Waals surface area contributed by atoms with Gasteiger partial charge in [-0.2, -0.15) is 0 Å². The van der Waals surface area contributed by atoms with Crippen molar-refractivity contribution in [1.82, 2.24) is 9.62 Å². The van der Waals surface area contributed by atoms with Crippen molar-refractivity contribution >= 4 is 39.1 Å². The van der Waals surface area contributed by atoms with Crippen LogP contribution in [0.25, 0.3) is 0 Å². The van der Waals surface area contributed by atoms with Crippen molar-refractivity contribution < 1.29 is 17.9 Å². The average Bonchev–Trinajstić information content (AvgIpc) is 3.56. The first-order chi connectivity index (χ1) is 15.7. The number of benzene rings is 2. The minimum Gasteiger partial charge on any atom is -0.493 e. The zero-order valence-corrected chi connectivity index (χ0v) is 20.8. The number of halogens is 2. The zero-order chi connectivity index (χ0) is 23.6. The third-order valence-electron chi connectivity index (χ3n) is 6.08. The van der Waals surface area contributed by atoms with Crippen molar-refractivity contribution in [3.63, 3.8) is 0 Å². The van der Waals surface area contributed by atoms with Crippen LogP contribution in [-0.4, -0.2) is 45.2 Å². The van der Waals surface area contributed by atoms with Crippen molar-refractivity contribution in [3.8, 4) is 5.75 Å². The van der Waals surface area contributed by atoms with Crippen LogP contribution in [-0.2, 0) is 16.6 Å². The maximum Gasteiger partial charge on any atom is 0.264 e. The second kappa shape index (κ2) is 10.2. The minimum atomic E-state index is -3.60. The van der Waals surface area contributed by atoms with Gasteiger partial charge in [0.05, 0.1) is 12.9 Å². The molecule has 1 aliphatic heterocycles. The molecule has 0 spiro atoms. The summed E-state index contributed by atoms with van der Waals surface area (Å²) in [6.07, 6.45) is 5.17. The van der Waals surface area contributed by atoms with E-state index in [-0.39, 0.29) is 0 Å². The fraction of sp³-hybridized carbons (Fsp3) is 0.458. The van der Waals surface area contributed by atoms with Crippen LogP contribution in [0.5, 0.6) is 5.75 Å². The van der Waals surface area contributed by atoms with Crippen LogP contribution in [0.4, 0.5) is 0 Å². The molecule has 1 aliphatic carbocycles. The van der Waals surface area contributed by atoms with Crippen molar-refractivity contribution in [2.45, 2.75) is 38.1 Å². The van der Waals surface area contributed by atoms with E-state index in [9.17, 15) is 13.2 Å². The third kappa shape index (κ3) is 7.09. The number of nitrogens with zero attached hydrogens (tertiary/aromatic N) is 1. The highest BCUT2D eigenvalue weighted by Crippen LogP contribution is 2.44. The molecule has 1 N–H and O–H groups in total. The smallest absolute Gasteiger partial charge is 0.264 e. The number of likely N-dealkylation sites (tertiary alicyclic amines) is 1. The van der Waals surface area contributed by atoms with E-state index in [1.807, 2.05) is 16.9 Å². The maximum absolute atomic E-state index is 12.2. The number of carbonyl (C=O) groups excluding carboxylic acids is 1. The lowest BCUT2D eigenvalue weighted by atomic mass is 9.97. The Morgan fingerprint density at radius 3 is 2.33 bits per heavy atom. The molecule has 0 atom stereocenters. The summed E-state index contributed by atoms with van der Waals surface area (Å²) < 4.78 is 31.0.